The number of carbonyl (C=O) groups excluding carboxylic acids is 2. The van der Waals surface area contributed by atoms with Gasteiger partial charge < -0.3 is 0 Å². The number of hydrogen-bond acceptors (Lipinski definition) is 4. The normalized spacial score (nSPS) is 16.0. The van der Waals surface area contributed by atoms with Gasteiger partial charge >= 0.3 is 5.69 Å². The number of halogens is 1. The number of aromatic nitrogens is 2. The van der Waals surface area contributed by atoms with E-state index in [9.17, 15) is 18.8 Å². The zero-order valence-corrected chi connectivity index (χ0v) is 16.0. The average molecular weight is 397 g/mol. The fraction of sp³-hybridized carbons (Fsp3) is 0.150. The first-order chi connectivity index (χ1) is 13.3. The van der Waals surface area contributed by atoms with Crippen LogP contribution in [0.2, 0.25) is 0 Å². The number of thioether (sulfide) groups is 1. The van der Waals surface area contributed by atoms with E-state index in [1.165, 1.54) is 16.7 Å². The van der Waals surface area contributed by atoms with Crippen LogP contribution in [0, 0.1) is 5.82 Å². The van der Waals surface area contributed by atoms with E-state index >= 15 is 0 Å². The molecule has 142 valence electrons. The van der Waals surface area contributed by atoms with Crippen molar-refractivity contribution in [3.8, 4) is 0 Å². The molecule has 2 heterocycles. The topological polar surface area (TPSA) is 64.3 Å². The molecule has 2 amide bonds. The monoisotopic (exact) mass is 397 g/mol. The number of nitrogens with zero attached hydrogens (tertiary/aromatic N) is 3. The lowest BCUT2D eigenvalue weighted by Gasteiger charge is -2.12. The van der Waals surface area contributed by atoms with Crippen LogP contribution in [0.4, 0.5) is 9.18 Å². The minimum atomic E-state index is -0.388. The van der Waals surface area contributed by atoms with Gasteiger partial charge in [0.25, 0.3) is 11.1 Å². The highest BCUT2D eigenvalue weighted by molar-refractivity contribution is 8.18. The van der Waals surface area contributed by atoms with Gasteiger partial charge in [-0.1, -0.05) is 18.2 Å². The van der Waals surface area contributed by atoms with Crippen LogP contribution in [0.1, 0.15) is 11.1 Å². The van der Waals surface area contributed by atoms with Crippen LogP contribution in [0.3, 0.4) is 0 Å². The number of rotatable bonds is 3. The van der Waals surface area contributed by atoms with Gasteiger partial charge in [0.15, 0.2) is 0 Å². The van der Waals surface area contributed by atoms with Gasteiger partial charge in [-0.3, -0.25) is 23.6 Å². The molecule has 1 fully saturated rings. The summed E-state index contributed by atoms with van der Waals surface area (Å²) < 4.78 is 16.1. The van der Waals surface area contributed by atoms with Crippen LogP contribution in [-0.2, 0) is 25.4 Å². The van der Waals surface area contributed by atoms with Crippen molar-refractivity contribution in [3.05, 3.63) is 74.8 Å². The average Bonchev–Trinajstić information content (AvgIpc) is 3.06. The zero-order chi connectivity index (χ0) is 20.0. The van der Waals surface area contributed by atoms with Gasteiger partial charge in [0.1, 0.15) is 5.82 Å². The minimum absolute atomic E-state index is 0.0918. The standard InChI is InChI=1S/C20H16FN3O3S/c1-22-15-8-5-13(9-16(15)23(2)19(22)26)10-17-18(25)24(20(27)28-17)11-12-3-6-14(21)7-4-12/h3-10H,11H2,1-2H3. The Morgan fingerprint density at radius 3 is 2.36 bits per heavy atom. The number of imide groups is 1. The molecule has 3 aromatic rings. The summed E-state index contributed by atoms with van der Waals surface area (Å²) in [4.78, 5) is 38.4. The number of benzene rings is 2. The van der Waals surface area contributed by atoms with Crippen LogP contribution < -0.4 is 5.69 Å². The van der Waals surface area contributed by atoms with E-state index in [0.717, 1.165) is 33.3 Å². The summed E-state index contributed by atoms with van der Waals surface area (Å²) in [5.41, 5.74) is 2.79. The lowest BCUT2D eigenvalue weighted by molar-refractivity contribution is -0.123. The summed E-state index contributed by atoms with van der Waals surface area (Å²) in [7, 11) is 3.39. The molecule has 1 aliphatic heterocycles. The summed E-state index contributed by atoms with van der Waals surface area (Å²) >= 11 is 0.868. The van der Waals surface area contributed by atoms with Crippen molar-refractivity contribution in [2.45, 2.75) is 6.54 Å². The van der Waals surface area contributed by atoms with Crippen LogP contribution >= 0.6 is 11.8 Å². The second-order valence-electron chi connectivity index (χ2n) is 6.54. The van der Waals surface area contributed by atoms with Crippen molar-refractivity contribution in [1.29, 1.82) is 0 Å². The molecule has 2 aromatic carbocycles. The smallest absolute Gasteiger partial charge is 0.295 e. The molecule has 4 rings (SSSR count). The fourth-order valence-electron chi connectivity index (χ4n) is 3.17. The summed E-state index contributed by atoms with van der Waals surface area (Å²) in [5, 5.41) is -0.367. The minimum Gasteiger partial charge on any atom is -0.295 e. The van der Waals surface area contributed by atoms with Crippen molar-refractivity contribution in [2.24, 2.45) is 14.1 Å². The van der Waals surface area contributed by atoms with Crippen LogP contribution in [0.15, 0.2) is 52.2 Å². The zero-order valence-electron chi connectivity index (χ0n) is 15.2. The molecule has 0 N–H and O–H groups in total. The maximum absolute atomic E-state index is 13.0. The highest BCUT2D eigenvalue weighted by Gasteiger charge is 2.35. The quantitative estimate of drug-likeness (QED) is 0.637. The Bertz CT molecular complexity index is 1210. The molecule has 28 heavy (non-hydrogen) atoms. The highest BCUT2D eigenvalue weighted by Crippen LogP contribution is 2.33. The molecule has 6 nitrogen and oxygen atoms in total. The van der Waals surface area contributed by atoms with E-state index in [0.29, 0.717) is 10.5 Å². The van der Waals surface area contributed by atoms with E-state index in [4.69, 9.17) is 0 Å². The third-order valence-electron chi connectivity index (χ3n) is 4.72. The molecule has 0 saturated carbocycles. The molecule has 1 saturated heterocycles. The van der Waals surface area contributed by atoms with E-state index in [2.05, 4.69) is 0 Å². The molecule has 0 aliphatic carbocycles. The molecular formula is C20H16FN3O3S. The highest BCUT2D eigenvalue weighted by atomic mass is 32.2. The van der Waals surface area contributed by atoms with Crippen LogP contribution in [-0.4, -0.2) is 25.2 Å². The van der Waals surface area contributed by atoms with Crippen molar-refractivity contribution < 1.29 is 14.0 Å². The van der Waals surface area contributed by atoms with Crippen LogP contribution in [0.5, 0.6) is 0 Å². The second-order valence-corrected chi connectivity index (χ2v) is 7.54. The molecule has 0 spiro atoms. The summed E-state index contributed by atoms with van der Waals surface area (Å²) in [6.07, 6.45) is 1.65. The van der Waals surface area contributed by atoms with Gasteiger partial charge in [-0.05, 0) is 53.2 Å². The first-order valence-corrected chi connectivity index (χ1v) is 9.32. The predicted octanol–water partition coefficient (Wildman–Crippen LogP) is 3.25. The van der Waals surface area contributed by atoms with Gasteiger partial charge in [-0.25, -0.2) is 9.18 Å². The van der Waals surface area contributed by atoms with Crippen molar-refractivity contribution >= 4 is 40.0 Å². The molecule has 1 aromatic heterocycles. The van der Waals surface area contributed by atoms with Gasteiger partial charge in [0.2, 0.25) is 0 Å². The summed E-state index contributed by atoms with van der Waals surface area (Å²) in [5.74, 6) is -0.759. The number of amides is 2. The number of aryl methyl sites for hydroxylation is 2. The Labute approximate surface area is 163 Å². The predicted molar refractivity (Wildman–Crippen MR) is 106 cm³/mol. The number of carbonyl (C=O) groups is 2. The Kier molecular flexibility index (Phi) is 4.43. The van der Waals surface area contributed by atoms with Crippen molar-refractivity contribution in [3.63, 3.8) is 0 Å². The molecule has 8 heteroatoms. The van der Waals surface area contributed by atoms with Crippen LogP contribution in [0.25, 0.3) is 17.1 Å². The molecule has 0 unspecified atom stereocenters. The number of imidazole rings is 1. The first-order valence-electron chi connectivity index (χ1n) is 8.50. The van der Waals surface area contributed by atoms with Gasteiger partial charge in [0.05, 0.1) is 22.5 Å². The lowest BCUT2D eigenvalue weighted by Crippen LogP contribution is -2.27. The molecule has 0 radical (unpaired) electrons. The van der Waals surface area contributed by atoms with E-state index < -0.39 is 0 Å². The summed E-state index contributed by atoms with van der Waals surface area (Å²) in [6, 6.07) is 11.1. The SMILES string of the molecule is Cn1c(=O)n(C)c2cc(C=C3SC(=O)N(Cc4ccc(F)cc4)C3=O)ccc21. The third-order valence-corrected chi connectivity index (χ3v) is 5.63. The number of hydrogen-bond donors (Lipinski definition) is 0. The van der Waals surface area contributed by atoms with Crippen molar-refractivity contribution in [2.75, 3.05) is 0 Å². The molecule has 0 bridgehead atoms. The Morgan fingerprint density at radius 1 is 0.964 bits per heavy atom. The van der Waals surface area contributed by atoms with E-state index in [-0.39, 0.29) is 29.2 Å². The Morgan fingerprint density at radius 2 is 1.64 bits per heavy atom. The van der Waals surface area contributed by atoms with Gasteiger partial charge in [-0.15, -0.1) is 0 Å². The maximum Gasteiger partial charge on any atom is 0.328 e. The van der Waals surface area contributed by atoms with Gasteiger partial charge in [-0.2, -0.15) is 0 Å². The Balaban J connectivity index is 1.63. The second kappa shape index (κ2) is 6.79. The summed E-state index contributed by atoms with van der Waals surface area (Å²) in [6.45, 7) is 0.0918. The third kappa shape index (κ3) is 3.05. The largest absolute Gasteiger partial charge is 0.328 e. The lowest BCUT2D eigenvalue weighted by atomic mass is 10.1. The number of fused-ring (bicyclic) bond motifs is 1. The van der Waals surface area contributed by atoms with E-state index in [1.807, 2.05) is 12.1 Å². The molecular weight excluding hydrogens is 381 g/mol. The van der Waals surface area contributed by atoms with Gasteiger partial charge in [0, 0.05) is 14.1 Å². The first kappa shape index (κ1) is 18.2. The molecule has 1 aliphatic rings. The maximum atomic E-state index is 13.0. The fourth-order valence-corrected chi connectivity index (χ4v) is 4.01. The van der Waals surface area contributed by atoms with Crippen molar-refractivity contribution in [1.82, 2.24) is 14.0 Å². The molecule has 0 atom stereocenters. The Hall–Kier alpha value is -3.13. The van der Waals surface area contributed by atoms with E-state index in [1.54, 1.807) is 42.9 Å².